The van der Waals surface area contributed by atoms with Crippen LogP contribution in [0, 0.1) is 23.2 Å². The van der Waals surface area contributed by atoms with Crippen LogP contribution in [0.2, 0.25) is 0 Å². The standard InChI is InChI=1S/C10H16O/c1-6-4-7-5-8(9(6)11)10(7,2)3/h6-8H,4-5H2,1-3H3/t6-,7-,8-/m0/s1. The molecule has 3 saturated carbocycles. The van der Waals surface area contributed by atoms with Crippen LogP contribution in [0.4, 0.5) is 0 Å². The minimum atomic E-state index is 0.337. The first kappa shape index (κ1) is 7.33. The Morgan fingerprint density at radius 3 is 2.36 bits per heavy atom. The summed E-state index contributed by atoms with van der Waals surface area (Å²) in [7, 11) is 0. The summed E-state index contributed by atoms with van der Waals surface area (Å²) in [6, 6.07) is 0. The van der Waals surface area contributed by atoms with Gasteiger partial charge in [-0.3, -0.25) is 4.79 Å². The number of rotatable bonds is 0. The second kappa shape index (κ2) is 1.88. The maximum absolute atomic E-state index is 11.6. The number of carbonyl (C=O) groups is 1. The Morgan fingerprint density at radius 2 is 2.00 bits per heavy atom. The largest absolute Gasteiger partial charge is 0.299 e. The first-order valence-electron chi connectivity index (χ1n) is 4.57. The monoisotopic (exact) mass is 152 g/mol. The predicted molar refractivity (Wildman–Crippen MR) is 44.2 cm³/mol. The summed E-state index contributed by atoms with van der Waals surface area (Å²) < 4.78 is 0. The van der Waals surface area contributed by atoms with Crippen molar-refractivity contribution < 1.29 is 4.79 Å². The third-order valence-electron chi connectivity index (χ3n) is 3.94. The lowest BCUT2D eigenvalue weighted by Gasteiger charge is -2.57. The zero-order valence-corrected chi connectivity index (χ0v) is 7.55. The molecule has 0 aromatic carbocycles. The van der Waals surface area contributed by atoms with E-state index in [1.165, 1.54) is 6.42 Å². The number of hydrogen-bond donors (Lipinski definition) is 0. The summed E-state index contributed by atoms with van der Waals surface area (Å²) in [5.41, 5.74) is 0.337. The zero-order valence-electron chi connectivity index (χ0n) is 7.55. The maximum atomic E-state index is 11.6. The first-order chi connectivity index (χ1) is 5.03. The molecule has 3 rings (SSSR count). The predicted octanol–water partition coefficient (Wildman–Crippen LogP) is 2.26. The van der Waals surface area contributed by atoms with Gasteiger partial charge in [0.2, 0.25) is 0 Å². The fourth-order valence-electron chi connectivity index (χ4n) is 2.79. The molecule has 0 radical (unpaired) electrons. The van der Waals surface area contributed by atoms with E-state index in [0.717, 1.165) is 12.3 Å². The number of carbonyl (C=O) groups excluding carboxylic acids is 1. The Balaban J connectivity index is 2.23. The topological polar surface area (TPSA) is 17.1 Å². The Hall–Kier alpha value is -0.330. The van der Waals surface area contributed by atoms with Crippen molar-refractivity contribution in [1.82, 2.24) is 0 Å². The lowest BCUT2D eigenvalue weighted by atomic mass is 9.46. The molecule has 3 atom stereocenters. The normalized spacial score (nSPS) is 46.8. The van der Waals surface area contributed by atoms with Crippen molar-refractivity contribution in [2.75, 3.05) is 0 Å². The highest BCUT2D eigenvalue weighted by atomic mass is 16.1. The van der Waals surface area contributed by atoms with Crippen LogP contribution in [0.15, 0.2) is 0 Å². The first-order valence-corrected chi connectivity index (χ1v) is 4.57. The third-order valence-corrected chi connectivity index (χ3v) is 3.94. The highest BCUT2D eigenvalue weighted by Gasteiger charge is 2.56. The van der Waals surface area contributed by atoms with Crippen LogP contribution in [0.1, 0.15) is 33.6 Å². The summed E-state index contributed by atoms with van der Waals surface area (Å²) >= 11 is 0. The third kappa shape index (κ3) is 0.743. The molecule has 2 bridgehead atoms. The molecule has 3 aliphatic carbocycles. The Labute approximate surface area is 68.2 Å². The van der Waals surface area contributed by atoms with E-state index in [2.05, 4.69) is 20.8 Å². The van der Waals surface area contributed by atoms with E-state index in [1.54, 1.807) is 0 Å². The Kier molecular flexibility index (Phi) is 1.25. The molecule has 0 unspecified atom stereocenters. The van der Waals surface area contributed by atoms with Crippen molar-refractivity contribution in [3.63, 3.8) is 0 Å². The molecule has 0 saturated heterocycles. The van der Waals surface area contributed by atoms with Gasteiger partial charge in [0.1, 0.15) is 5.78 Å². The lowest BCUT2D eigenvalue weighted by molar-refractivity contribution is -0.155. The van der Waals surface area contributed by atoms with E-state index < -0.39 is 0 Å². The fourth-order valence-corrected chi connectivity index (χ4v) is 2.79. The molecule has 11 heavy (non-hydrogen) atoms. The van der Waals surface area contributed by atoms with Crippen molar-refractivity contribution in [1.29, 1.82) is 0 Å². The van der Waals surface area contributed by atoms with Crippen molar-refractivity contribution in [3.8, 4) is 0 Å². The molecule has 1 heteroatoms. The van der Waals surface area contributed by atoms with Crippen molar-refractivity contribution >= 4 is 5.78 Å². The highest BCUT2D eigenvalue weighted by molar-refractivity contribution is 5.86. The molecule has 62 valence electrons. The molecule has 0 heterocycles. The molecule has 0 aromatic rings. The highest BCUT2D eigenvalue weighted by Crippen LogP contribution is 2.58. The van der Waals surface area contributed by atoms with Crippen LogP contribution >= 0.6 is 0 Å². The van der Waals surface area contributed by atoms with Crippen molar-refractivity contribution in [2.45, 2.75) is 33.6 Å². The summed E-state index contributed by atoms with van der Waals surface area (Å²) in [6.07, 6.45) is 2.32. The quantitative estimate of drug-likeness (QED) is 0.520. The van der Waals surface area contributed by atoms with Gasteiger partial charge in [-0.15, -0.1) is 0 Å². The van der Waals surface area contributed by atoms with Gasteiger partial charge in [0.15, 0.2) is 0 Å². The second-order valence-electron chi connectivity index (χ2n) is 4.85. The SMILES string of the molecule is C[C@H]1C[C@H]2C[C@@H](C1=O)C2(C)C. The number of hydrogen-bond acceptors (Lipinski definition) is 1. The average Bonchev–Trinajstić information content (AvgIpc) is 1.93. The molecular weight excluding hydrogens is 136 g/mol. The zero-order chi connectivity index (χ0) is 8.22. The van der Waals surface area contributed by atoms with E-state index in [1.807, 2.05) is 0 Å². The Bertz CT molecular complexity index is 205. The van der Waals surface area contributed by atoms with Gasteiger partial charge in [0.05, 0.1) is 0 Å². The van der Waals surface area contributed by atoms with Crippen LogP contribution in [-0.2, 0) is 4.79 Å². The van der Waals surface area contributed by atoms with Crippen LogP contribution in [0.25, 0.3) is 0 Å². The molecule has 1 nitrogen and oxygen atoms in total. The van der Waals surface area contributed by atoms with E-state index >= 15 is 0 Å². The Morgan fingerprint density at radius 1 is 1.36 bits per heavy atom. The van der Waals surface area contributed by atoms with Gasteiger partial charge in [0, 0.05) is 11.8 Å². The fraction of sp³-hybridized carbons (Fsp3) is 0.900. The molecule has 0 spiro atoms. The van der Waals surface area contributed by atoms with E-state index in [9.17, 15) is 4.79 Å². The van der Waals surface area contributed by atoms with Gasteiger partial charge in [0.25, 0.3) is 0 Å². The molecular formula is C10H16O. The molecule has 3 fully saturated rings. The van der Waals surface area contributed by atoms with Crippen LogP contribution in [-0.4, -0.2) is 5.78 Å². The summed E-state index contributed by atoms with van der Waals surface area (Å²) in [6.45, 7) is 6.57. The van der Waals surface area contributed by atoms with Gasteiger partial charge in [-0.2, -0.15) is 0 Å². The molecule has 3 aliphatic rings. The average molecular weight is 152 g/mol. The van der Waals surface area contributed by atoms with E-state index in [-0.39, 0.29) is 0 Å². The molecule has 0 aromatic heterocycles. The second-order valence-corrected chi connectivity index (χ2v) is 4.85. The smallest absolute Gasteiger partial charge is 0.139 e. The molecule has 0 amide bonds. The van der Waals surface area contributed by atoms with Crippen LogP contribution < -0.4 is 0 Å². The van der Waals surface area contributed by atoms with Gasteiger partial charge in [-0.05, 0) is 24.2 Å². The molecule has 0 N–H and O–H groups in total. The van der Waals surface area contributed by atoms with Gasteiger partial charge in [-0.25, -0.2) is 0 Å². The van der Waals surface area contributed by atoms with Crippen molar-refractivity contribution in [3.05, 3.63) is 0 Å². The van der Waals surface area contributed by atoms with Gasteiger partial charge >= 0.3 is 0 Å². The summed E-state index contributed by atoms with van der Waals surface area (Å²) in [5, 5.41) is 0. The van der Waals surface area contributed by atoms with Crippen LogP contribution in [0.5, 0.6) is 0 Å². The summed E-state index contributed by atoms with van der Waals surface area (Å²) in [5.74, 6) is 2.11. The maximum Gasteiger partial charge on any atom is 0.139 e. The van der Waals surface area contributed by atoms with Gasteiger partial charge < -0.3 is 0 Å². The van der Waals surface area contributed by atoms with Gasteiger partial charge in [-0.1, -0.05) is 20.8 Å². The number of fused-ring (bicyclic) bond motifs is 2. The molecule has 0 aliphatic heterocycles. The minimum absolute atomic E-state index is 0.337. The lowest BCUT2D eigenvalue weighted by Crippen LogP contribution is -2.55. The number of ketones is 1. The van der Waals surface area contributed by atoms with E-state index in [4.69, 9.17) is 0 Å². The van der Waals surface area contributed by atoms with Crippen LogP contribution in [0.3, 0.4) is 0 Å². The van der Waals surface area contributed by atoms with Crippen molar-refractivity contribution in [2.24, 2.45) is 23.2 Å². The number of Topliss-reactive ketones (excluding diaryl/α,β-unsaturated/α-hetero) is 1. The minimum Gasteiger partial charge on any atom is -0.299 e. The summed E-state index contributed by atoms with van der Waals surface area (Å²) in [4.78, 5) is 11.6. The van der Waals surface area contributed by atoms with E-state index in [0.29, 0.717) is 23.0 Å².